The van der Waals surface area contributed by atoms with Crippen LogP contribution in [0, 0.1) is 6.92 Å². The molecule has 4 N–H and O–H groups in total. The number of nitrogens with one attached hydrogen (secondary N) is 1. The zero-order chi connectivity index (χ0) is 11.5. The van der Waals surface area contributed by atoms with Gasteiger partial charge in [0.1, 0.15) is 15.8 Å². The van der Waals surface area contributed by atoms with Crippen molar-refractivity contribution in [2.45, 2.75) is 6.92 Å². The Morgan fingerprint density at radius 2 is 2.38 bits per heavy atom. The normalized spacial score (nSPS) is 10.6. The molecule has 2 aromatic rings. The first-order valence-electron chi connectivity index (χ1n) is 4.74. The van der Waals surface area contributed by atoms with E-state index >= 15 is 0 Å². The van der Waals surface area contributed by atoms with Gasteiger partial charge in [0.25, 0.3) is 0 Å². The maximum atomic E-state index is 8.78. The lowest BCUT2D eigenvalue weighted by Crippen LogP contribution is -2.05. The number of hydrogen-bond donors (Lipinski definition) is 3. The van der Waals surface area contributed by atoms with Crippen molar-refractivity contribution in [3.63, 3.8) is 0 Å². The van der Waals surface area contributed by atoms with Gasteiger partial charge in [0.15, 0.2) is 0 Å². The van der Waals surface area contributed by atoms with E-state index in [1.54, 1.807) is 11.3 Å². The fraction of sp³-hybridized carbons (Fsp3) is 0.333. The average molecular weight is 256 g/mol. The molecule has 5 nitrogen and oxygen atoms in total. The molecule has 2 rings (SSSR count). The Morgan fingerprint density at radius 3 is 3.00 bits per heavy atom. The van der Waals surface area contributed by atoms with Crippen molar-refractivity contribution in [2.75, 3.05) is 24.2 Å². The lowest BCUT2D eigenvalue weighted by molar-refractivity contribution is 0.311. The van der Waals surface area contributed by atoms with Crippen LogP contribution in [0.3, 0.4) is 0 Å². The Balaban J connectivity index is 2.35. The van der Waals surface area contributed by atoms with E-state index in [2.05, 4.69) is 14.7 Å². The van der Waals surface area contributed by atoms with Gasteiger partial charge in [-0.15, -0.1) is 11.3 Å². The number of nitrogens with zero attached hydrogens (tertiary/aromatic N) is 2. The number of rotatable bonds is 4. The minimum Gasteiger partial charge on any atom is -0.395 e. The quantitative estimate of drug-likeness (QED) is 0.773. The maximum absolute atomic E-state index is 8.78. The minimum absolute atomic E-state index is 0.0775. The molecule has 2 heterocycles. The summed E-state index contributed by atoms with van der Waals surface area (Å²) in [5.41, 5.74) is 7.63. The largest absolute Gasteiger partial charge is 0.395 e. The molecular formula is C9H12N4OS2. The first-order chi connectivity index (χ1) is 7.72. The van der Waals surface area contributed by atoms with Gasteiger partial charge >= 0.3 is 0 Å². The van der Waals surface area contributed by atoms with Crippen LogP contribution in [0.2, 0.25) is 0 Å². The second-order valence-corrected chi connectivity index (χ2v) is 4.85. The van der Waals surface area contributed by atoms with E-state index in [0.717, 1.165) is 21.3 Å². The monoisotopic (exact) mass is 256 g/mol. The van der Waals surface area contributed by atoms with Crippen molar-refractivity contribution >= 4 is 33.7 Å². The van der Waals surface area contributed by atoms with Crippen LogP contribution >= 0.6 is 22.9 Å². The highest BCUT2D eigenvalue weighted by Crippen LogP contribution is 2.38. The molecule has 86 valence electrons. The van der Waals surface area contributed by atoms with Crippen molar-refractivity contribution in [1.29, 1.82) is 0 Å². The van der Waals surface area contributed by atoms with Crippen molar-refractivity contribution in [3.8, 4) is 10.6 Å². The molecule has 0 unspecified atom stereocenters. The van der Waals surface area contributed by atoms with Crippen LogP contribution in [0.25, 0.3) is 10.6 Å². The lowest BCUT2D eigenvalue weighted by atomic mass is 10.3. The Hall–Kier alpha value is -1.18. The van der Waals surface area contributed by atoms with Crippen LogP contribution < -0.4 is 11.1 Å². The number of aliphatic hydroxyl groups excluding tert-OH is 1. The van der Waals surface area contributed by atoms with Gasteiger partial charge in [0.05, 0.1) is 12.2 Å². The summed E-state index contributed by atoms with van der Waals surface area (Å²) < 4.78 is 4.10. The Kier molecular flexibility index (Phi) is 3.37. The van der Waals surface area contributed by atoms with Crippen LogP contribution in [0.1, 0.15) is 5.69 Å². The van der Waals surface area contributed by atoms with Crippen LogP contribution in [0.5, 0.6) is 0 Å². The van der Waals surface area contributed by atoms with Gasteiger partial charge in [-0.1, -0.05) is 0 Å². The summed E-state index contributed by atoms with van der Waals surface area (Å²) in [5, 5.41) is 15.6. The number of anilines is 2. The predicted molar refractivity (Wildman–Crippen MR) is 67.9 cm³/mol. The van der Waals surface area contributed by atoms with Crippen LogP contribution in [0.4, 0.5) is 10.8 Å². The zero-order valence-corrected chi connectivity index (χ0v) is 10.4. The van der Waals surface area contributed by atoms with Gasteiger partial charge in [-0.2, -0.15) is 4.37 Å². The minimum atomic E-state index is 0.0775. The number of aryl methyl sites for hydroxylation is 1. The molecule has 0 aliphatic carbocycles. The predicted octanol–water partition coefficient (Wildman–Crippen LogP) is 1.56. The highest BCUT2D eigenvalue weighted by atomic mass is 32.1. The molecule has 0 atom stereocenters. The Morgan fingerprint density at radius 1 is 1.56 bits per heavy atom. The molecule has 0 saturated heterocycles. The molecule has 7 heteroatoms. The molecule has 0 aliphatic heterocycles. The molecule has 2 aromatic heterocycles. The van der Waals surface area contributed by atoms with Crippen molar-refractivity contribution in [3.05, 3.63) is 11.1 Å². The van der Waals surface area contributed by atoms with Crippen LogP contribution in [-0.4, -0.2) is 27.6 Å². The lowest BCUT2D eigenvalue weighted by Gasteiger charge is -2.02. The van der Waals surface area contributed by atoms with Gasteiger partial charge in [-0.05, 0) is 18.5 Å². The van der Waals surface area contributed by atoms with Crippen LogP contribution in [-0.2, 0) is 0 Å². The molecule has 0 radical (unpaired) electrons. The summed E-state index contributed by atoms with van der Waals surface area (Å²) in [5.74, 6) is 0.486. The van der Waals surface area contributed by atoms with Crippen molar-refractivity contribution in [1.82, 2.24) is 9.36 Å². The zero-order valence-electron chi connectivity index (χ0n) is 8.73. The van der Waals surface area contributed by atoms with E-state index in [0.29, 0.717) is 12.4 Å². The third-order valence-corrected chi connectivity index (χ3v) is 3.75. The first kappa shape index (κ1) is 11.3. The number of thiazole rings is 1. The molecule has 0 saturated carbocycles. The topological polar surface area (TPSA) is 84.1 Å². The van der Waals surface area contributed by atoms with Gasteiger partial charge in [0.2, 0.25) is 0 Å². The number of aromatic nitrogens is 2. The SMILES string of the molecule is Cc1csc(-c2c(N)nsc2NCCO)n1. The van der Waals surface area contributed by atoms with Gasteiger partial charge in [-0.3, -0.25) is 0 Å². The number of nitrogens with two attached hydrogens (primary N) is 1. The number of aliphatic hydroxyl groups is 1. The molecule has 0 amide bonds. The average Bonchev–Trinajstić information content (AvgIpc) is 2.82. The van der Waals surface area contributed by atoms with E-state index in [-0.39, 0.29) is 6.61 Å². The Bertz CT molecular complexity index is 480. The molecule has 0 bridgehead atoms. The molecule has 0 fully saturated rings. The van der Waals surface area contributed by atoms with E-state index in [1.807, 2.05) is 12.3 Å². The van der Waals surface area contributed by atoms with E-state index in [9.17, 15) is 0 Å². The summed E-state index contributed by atoms with van der Waals surface area (Å²) in [6.07, 6.45) is 0. The second-order valence-electron chi connectivity index (χ2n) is 3.22. The van der Waals surface area contributed by atoms with Crippen molar-refractivity contribution < 1.29 is 5.11 Å². The first-order valence-corrected chi connectivity index (χ1v) is 6.40. The van der Waals surface area contributed by atoms with E-state index < -0.39 is 0 Å². The van der Waals surface area contributed by atoms with Gasteiger partial charge < -0.3 is 16.2 Å². The Labute approximate surface area is 101 Å². The van der Waals surface area contributed by atoms with Crippen molar-refractivity contribution in [2.24, 2.45) is 0 Å². The van der Waals surface area contributed by atoms with Gasteiger partial charge in [0, 0.05) is 17.6 Å². The molecule has 16 heavy (non-hydrogen) atoms. The molecule has 0 aliphatic rings. The maximum Gasteiger partial charge on any atom is 0.149 e. The summed E-state index contributed by atoms with van der Waals surface area (Å²) in [6, 6.07) is 0. The smallest absolute Gasteiger partial charge is 0.149 e. The van der Waals surface area contributed by atoms with E-state index in [1.165, 1.54) is 11.5 Å². The fourth-order valence-electron chi connectivity index (χ4n) is 1.27. The molecular weight excluding hydrogens is 244 g/mol. The number of nitrogen functional groups attached to an aromatic ring is 1. The highest BCUT2D eigenvalue weighted by molar-refractivity contribution is 7.15. The summed E-state index contributed by atoms with van der Waals surface area (Å²) in [7, 11) is 0. The molecule has 0 aromatic carbocycles. The third kappa shape index (κ3) is 2.16. The van der Waals surface area contributed by atoms with Crippen LogP contribution in [0.15, 0.2) is 5.38 Å². The summed E-state index contributed by atoms with van der Waals surface area (Å²) in [4.78, 5) is 4.39. The molecule has 0 spiro atoms. The summed E-state index contributed by atoms with van der Waals surface area (Å²) >= 11 is 2.83. The highest BCUT2D eigenvalue weighted by Gasteiger charge is 2.16. The third-order valence-electron chi connectivity index (χ3n) is 1.95. The van der Waals surface area contributed by atoms with Gasteiger partial charge in [-0.25, -0.2) is 4.98 Å². The van der Waals surface area contributed by atoms with E-state index in [4.69, 9.17) is 10.8 Å². The number of hydrogen-bond acceptors (Lipinski definition) is 7. The summed E-state index contributed by atoms with van der Waals surface area (Å²) in [6.45, 7) is 2.50. The standard InChI is InChI=1S/C9H12N4OS2/c1-5-4-15-9(12-5)6-7(10)13-16-8(6)11-2-3-14/h4,11,14H,2-3H2,1H3,(H2,10,13). The fourth-order valence-corrected chi connectivity index (χ4v) is 2.93. The second kappa shape index (κ2) is 4.77.